The van der Waals surface area contributed by atoms with Crippen molar-refractivity contribution in [2.75, 3.05) is 7.11 Å². The van der Waals surface area contributed by atoms with E-state index in [0.29, 0.717) is 11.7 Å². The summed E-state index contributed by atoms with van der Waals surface area (Å²) in [5.41, 5.74) is 6.98. The van der Waals surface area contributed by atoms with Crippen molar-refractivity contribution in [2.24, 2.45) is 5.73 Å². The number of nitrogens with two attached hydrogens (primary N) is 1. The molecule has 2 aromatic rings. The molecule has 18 heavy (non-hydrogen) atoms. The van der Waals surface area contributed by atoms with E-state index in [0.717, 1.165) is 11.3 Å². The molecule has 0 radical (unpaired) electrons. The maximum absolute atomic E-state index is 6.14. The van der Waals surface area contributed by atoms with Crippen molar-refractivity contribution in [3.8, 4) is 5.75 Å². The van der Waals surface area contributed by atoms with E-state index in [9.17, 15) is 0 Å². The molecule has 1 aromatic heterocycles. The lowest BCUT2D eigenvalue weighted by Gasteiger charge is -2.11. The summed E-state index contributed by atoms with van der Waals surface area (Å²) in [6, 6.07) is 7.11. The van der Waals surface area contributed by atoms with Crippen LogP contribution in [0.2, 0.25) is 0 Å². The molecule has 0 aliphatic rings. The first-order valence-electron chi connectivity index (χ1n) is 5.85. The third-order valence-corrected chi connectivity index (χ3v) is 2.70. The highest BCUT2D eigenvalue weighted by Crippen LogP contribution is 2.27. The number of rotatable bonds is 4. The van der Waals surface area contributed by atoms with Gasteiger partial charge in [-0.25, -0.2) is 0 Å². The van der Waals surface area contributed by atoms with Crippen molar-refractivity contribution < 1.29 is 9.26 Å². The van der Waals surface area contributed by atoms with Crippen LogP contribution in [0.1, 0.15) is 43.1 Å². The molecule has 0 fully saturated rings. The Bertz CT molecular complexity index is 522. The van der Waals surface area contributed by atoms with Gasteiger partial charge in [0.05, 0.1) is 13.2 Å². The third kappa shape index (κ3) is 2.36. The minimum absolute atomic E-state index is 0.191. The number of para-hydroxylation sites is 1. The summed E-state index contributed by atoms with van der Waals surface area (Å²) in [7, 11) is 1.61. The normalized spacial score (nSPS) is 12.7. The van der Waals surface area contributed by atoms with Gasteiger partial charge in [-0.1, -0.05) is 37.2 Å². The third-order valence-electron chi connectivity index (χ3n) is 2.70. The summed E-state index contributed by atoms with van der Waals surface area (Å²) < 4.78 is 10.4. The molecule has 5 heteroatoms. The van der Waals surface area contributed by atoms with Crippen molar-refractivity contribution in [3.63, 3.8) is 0 Å². The molecule has 1 unspecified atom stereocenters. The SMILES string of the molecule is COc1ccccc1C(N)c1noc(C(C)C)n1. The Kier molecular flexibility index (Phi) is 3.62. The molecule has 1 heterocycles. The van der Waals surface area contributed by atoms with Crippen molar-refractivity contribution in [2.45, 2.75) is 25.8 Å². The summed E-state index contributed by atoms with van der Waals surface area (Å²) in [5.74, 6) is 1.98. The number of methoxy groups -OCH3 is 1. The molecule has 1 atom stereocenters. The second-order valence-corrected chi connectivity index (χ2v) is 4.37. The molecule has 0 saturated carbocycles. The zero-order valence-corrected chi connectivity index (χ0v) is 10.8. The monoisotopic (exact) mass is 247 g/mol. The van der Waals surface area contributed by atoms with E-state index in [1.165, 1.54) is 0 Å². The minimum Gasteiger partial charge on any atom is -0.496 e. The Hall–Kier alpha value is -1.88. The predicted octanol–water partition coefficient (Wildman–Crippen LogP) is 2.25. The second-order valence-electron chi connectivity index (χ2n) is 4.37. The van der Waals surface area contributed by atoms with Gasteiger partial charge < -0.3 is 15.0 Å². The van der Waals surface area contributed by atoms with Crippen molar-refractivity contribution in [3.05, 3.63) is 41.5 Å². The van der Waals surface area contributed by atoms with E-state index < -0.39 is 6.04 Å². The fourth-order valence-electron chi connectivity index (χ4n) is 1.67. The Morgan fingerprint density at radius 1 is 1.28 bits per heavy atom. The zero-order valence-electron chi connectivity index (χ0n) is 10.8. The van der Waals surface area contributed by atoms with Crippen LogP contribution in [0, 0.1) is 0 Å². The summed E-state index contributed by atoms with van der Waals surface area (Å²) in [6.45, 7) is 3.98. The van der Waals surface area contributed by atoms with Crippen LogP contribution in [0.4, 0.5) is 0 Å². The van der Waals surface area contributed by atoms with Crippen LogP contribution in [0.15, 0.2) is 28.8 Å². The van der Waals surface area contributed by atoms with E-state index in [2.05, 4.69) is 10.1 Å². The fraction of sp³-hybridized carbons (Fsp3) is 0.385. The van der Waals surface area contributed by atoms with E-state index in [1.807, 2.05) is 38.1 Å². The molecule has 1 aromatic carbocycles. The van der Waals surface area contributed by atoms with Gasteiger partial charge in [0.15, 0.2) is 5.82 Å². The molecular formula is C13H17N3O2. The van der Waals surface area contributed by atoms with Crippen LogP contribution in [-0.2, 0) is 0 Å². The molecule has 96 valence electrons. The van der Waals surface area contributed by atoms with Crippen LogP contribution in [0.3, 0.4) is 0 Å². The number of aromatic nitrogens is 2. The summed E-state index contributed by atoms with van der Waals surface area (Å²) in [4.78, 5) is 4.30. The summed E-state index contributed by atoms with van der Waals surface area (Å²) >= 11 is 0. The first-order valence-corrected chi connectivity index (χ1v) is 5.85. The predicted molar refractivity (Wildman–Crippen MR) is 67.4 cm³/mol. The molecule has 0 amide bonds. The van der Waals surface area contributed by atoms with E-state index >= 15 is 0 Å². The number of hydrogen-bond acceptors (Lipinski definition) is 5. The smallest absolute Gasteiger partial charge is 0.229 e. The summed E-state index contributed by atoms with van der Waals surface area (Å²) in [6.07, 6.45) is 0. The van der Waals surface area contributed by atoms with E-state index in [1.54, 1.807) is 7.11 Å². The zero-order chi connectivity index (χ0) is 13.1. The molecule has 2 rings (SSSR count). The molecule has 0 spiro atoms. The van der Waals surface area contributed by atoms with Gasteiger partial charge in [0, 0.05) is 11.5 Å². The maximum atomic E-state index is 6.14. The van der Waals surface area contributed by atoms with Crippen LogP contribution >= 0.6 is 0 Å². The van der Waals surface area contributed by atoms with E-state index in [4.69, 9.17) is 15.0 Å². The number of ether oxygens (including phenoxy) is 1. The highest BCUT2D eigenvalue weighted by atomic mass is 16.5. The average molecular weight is 247 g/mol. The van der Waals surface area contributed by atoms with Gasteiger partial charge in [0.2, 0.25) is 5.89 Å². The average Bonchev–Trinajstić information content (AvgIpc) is 2.87. The van der Waals surface area contributed by atoms with Crippen LogP contribution in [0.25, 0.3) is 0 Å². The second kappa shape index (κ2) is 5.18. The quantitative estimate of drug-likeness (QED) is 0.896. The standard InChI is InChI=1S/C13H17N3O2/c1-8(2)13-15-12(16-18-13)11(14)9-6-4-5-7-10(9)17-3/h4-8,11H,14H2,1-3H3. The highest BCUT2D eigenvalue weighted by Gasteiger charge is 2.20. The lowest BCUT2D eigenvalue weighted by molar-refractivity contribution is 0.358. The fourth-order valence-corrected chi connectivity index (χ4v) is 1.67. The molecule has 0 aliphatic heterocycles. The topological polar surface area (TPSA) is 74.2 Å². The van der Waals surface area contributed by atoms with Gasteiger partial charge in [-0.05, 0) is 6.07 Å². The largest absolute Gasteiger partial charge is 0.496 e. The Morgan fingerprint density at radius 3 is 2.61 bits per heavy atom. The molecular weight excluding hydrogens is 230 g/mol. The van der Waals surface area contributed by atoms with Gasteiger partial charge in [-0.3, -0.25) is 0 Å². The first kappa shape index (κ1) is 12.6. The van der Waals surface area contributed by atoms with Gasteiger partial charge >= 0.3 is 0 Å². The van der Waals surface area contributed by atoms with Gasteiger partial charge in [-0.15, -0.1) is 0 Å². The Balaban J connectivity index is 2.32. The lowest BCUT2D eigenvalue weighted by atomic mass is 10.1. The minimum atomic E-state index is -0.447. The summed E-state index contributed by atoms with van der Waals surface area (Å²) in [5, 5.41) is 3.92. The number of benzene rings is 1. The maximum Gasteiger partial charge on any atom is 0.229 e. The van der Waals surface area contributed by atoms with Crippen LogP contribution in [0.5, 0.6) is 5.75 Å². The van der Waals surface area contributed by atoms with Crippen molar-refractivity contribution >= 4 is 0 Å². The molecule has 0 bridgehead atoms. The molecule has 2 N–H and O–H groups in total. The Labute approximate surface area is 106 Å². The number of hydrogen-bond donors (Lipinski definition) is 1. The highest BCUT2D eigenvalue weighted by molar-refractivity contribution is 5.38. The van der Waals surface area contributed by atoms with Gasteiger partial charge in [-0.2, -0.15) is 4.98 Å². The molecule has 5 nitrogen and oxygen atoms in total. The molecule has 0 aliphatic carbocycles. The van der Waals surface area contributed by atoms with E-state index in [-0.39, 0.29) is 5.92 Å². The van der Waals surface area contributed by atoms with Crippen molar-refractivity contribution in [1.29, 1.82) is 0 Å². The number of nitrogens with zero attached hydrogens (tertiary/aromatic N) is 2. The first-order chi connectivity index (χ1) is 8.63. The van der Waals surface area contributed by atoms with Crippen LogP contribution in [-0.4, -0.2) is 17.3 Å². The van der Waals surface area contributed by atoms with Crippen LogP contribution < -0.4 is 10.5 Å². The Morgan fingerprint density at radius 2 is 2.00 bits per heavy atom. The van der Waals surface area contributed by atoms with Crippen molar-refractivity contribution in [1.82, 2.24) is 10.1 Å². The molecule has 0 saturated heterocycles. The van der Waals surface area contributed by atoms with Gasteiger partial charge in [0.25, 0.3) is 0 Å². The van der Waals surface area contributed by atoms with Gasteiger partial charge in [0.1, 0.15) is 5.75 Å². The lowest BCUT2D eigenvalue weighted by Crippen LogP contribution is -2.14.